The normalized spacial score (nSPS) is 11.1. The summed E-state index contributed by atoms with van der Waals surface area (Å²) in [7, 11) is -3.78. The van der Waals surface area contributed by atoms with Gasteiger partial charge >= 0.3 is 0 Å². The van der Waals surface area contributed by atoms with Gasteiger partial charge in [0.05, 0.1) is 4.90 Å². The van der Waals surface area contributed by atoms with Crippen molar-refractivity contribution in [1.29, 1.82) is 0 Å². The summed E-state index contributed by atoms with van der Waals surface area (Å²) in [6.07, 6.45) is 0.147. The van der Waals surface area contributed by atoms with E-state index in [1.165, 1.54) is 24.3 Å². The van der Waals surface area contributed by atoms with E-state index in [1.807, 2.05) is 0 Å². The zero-order valence-electron chi connectivity index (χ0n) is 11.5. The number of aliphatic carboxylic acids is 1. The van der Waals surface area contributed by atoms with Gasteiger partial charge < -0.3 is 9.90 Å². The van der Waals surface area contributed by atoms with Crippen LogP contribution in [0.4, 0.5) is 10.1 Å². The summed E-state index contributed by atoms with van der Waals surface area (Å²) in [4.78, 5) is 10.4. The largest absolute Gasteiger partial charge is 0.550 e. The van der Waals surface area contributed by atoms with Crippen LogP contribution in [0.15, 0.2) is 53.4 Å². The van der Waals surface area contributed by atoms with Gasteiger partial charge in [-0.3, -0.25) is 4.72 Å². The maximum atomic E-state index is 12.8. The molecule has 2 aromatic carbocycles. The Morgan fingerprint density at radius 3 is 2.18 bits per heavy atom. The number of hydrogen-bond acceptors (Lipinski definition) is 4. The van der Waals surface area contributed by atoms with Gasteiger partial charge in [0.1, 0.15) is 5.82 Å². The molecule has 0 aliphatic heterocycles. The minimum Gasteiger partial charge on any atom is -0.550 e. The molecule has 1 N–H and O–H groups in total. The van der Waals surface area contributed by atoms with Crippen molar-refractivity contribution < 1.29 is 22.7 Å². The number of rotatable bonds is 6. The van der Waals surface area contributed by atoms with Crippen LogP contribution >= 0.6 is 0 Å². The first kappa shape index (κ1) is 16.0. The highest BCUT2D eigenvalue weighted by Crippen LogP contribution is 2.17. The van der Waals surface area contributed by atoms with Crippen LogP contribution in [-0.4, -0.2) is 14.4 Å². The van der Waals surface area contributed by atoms with Crippen molar-refractivity contribution >= 4 is 21.7 Å². The summed E-state index contributed by atoms with van der Waals surface area (Å²) in [5, 5.41) is 10.4. The molecule has 116 valence electrons. The molecule has 0 aliphatic rings. The summed E-state index contributed by atoms with van der Waals surface area (Å²) < 4.78 is 39.4. The molecule has 0 unspecified atom stereocenters. The molecule has 0 amide bonds. The molecule has 0 spiro atoms. The van der Waals surface area contributed by atoms with Crippen LogP contribution in [0, 0.1) is 5.82 Å². The van der Waals surface area contributed by atoms with Gasteiger partial charge in [-0.1, -0.05) is 12.1 Å². The van der Waals surface area contributed by atoms with Crippen LogP contribution in [0.25, 0.3) is 0 Å². The predicted molar refractivity (Wildman–Crippen MR) is 77.0 cm³/mol. The lowest BCUT2D eigenvalue weighted by Crippen LogP contribution is -2.22. The third-order valence-corrected chi connectivity index (χ3v) is 4.35. The van der Waals surface area contributed by atoms with Gasteiger partial charge in [0.15, 0.2) is 0 Å². The van der Waals surface area contributed by atoms with Crippen molar-refractivity contribution in [2.75, 3.05) is 4.72 Å². The maximum Gasteiger partial charge on any atom is 0.261 e. The van der Waals surface area contributed by atoms with Crippen LogP contribution in [-0.2, 0) is 21.2 Å². The second-order valence-corrected chi connectivity index (χ2v) is 6.31. The number of carboxylic acids is 1. The Labute approximate surface area is 127 Å². The van der Waals surface area contributed by atoms with Gasteiger partial charge in [-0.25, -0.2) is 12.8 Å². The summed E-state index contributed by atoms with van der Waals surface area (Å²) >= 11 is 0. The van der Waals surface area contributed by atoms with E-state index in [-0.39, 0.29) is 23.4 Å². The lowest BCUT2D eigenvalue weighted by Gasteiger charge is -2.09. The highest BCUT2D eigenvalue weighted by Gasteiger charge is 2.13. The minimum atomic E-state index is -3.78. The number of halogens is 1. The van der Waals surface area contributed by atoms with E-state index in [0.717, 1.165) is 12.1 Å². The summed E-state index contributed by atoms with van der Waals surface area (Å²) in [5.74, 6) is -1.62. The molecule has 0 atom stereocenters. The minimum absolute atomic E-state index is 0.0361. The number of carbonyl (C=O) groups is 1. The highest BCUT2D eigenvalue weighted by molar-refractivity contribution is 7.92. The van der Waals surface area contributed by atoms with Crippen molar-refractivity contribution in [2.45, 2.75) is 17.7 Å². The Kier molecular flexibility index (Phi) is 4.77. The SMILES string of the molecule is O=C([O-])CCc1ccc(S(=O)(=O)Nc2ccc(F)cc2)cc1. The Bertz CT molecular complexity index is 755. The third-order valence-electron chi connectivity index (χ3n) is 2.95. The first-order chi connectivity index (χ1) is 10.4. The third kappa shape index (κ3) is 4.29. The molecular formula is C15H13FNO4S-. The lowest BCUT2D eigenvalue weighted by molar-refractivity contribution is -0.305. The molecule has 0 heterocycles. The van der Waals surface area contributed by atoms with E-state index in [4.69, 9.17) is 0 Å². The molecule has 5 nitrogen and oxygen atoms in total. The number of sulfonamides is 1. The molecule has 0 radical (unpaired) electrons. The Morgan fingerprint density at radius 1 is 1.05 bits per heavy atom. The van der Waals surface area contributed by atoms with E-state index >= 15 is 0 Å². The fourth-order valence-corrected chi connectivity index (χ4v) is 2.87. The number of carbonyl (C=O) groups excluding carboxylic acids is 1. The average Bonchev–Trinajstić information content (AvgIpc) is 2.48. The van der Waals surface area contributed by atoms with Gasteiger partial charge in [0.25, 0.3) is 10.0 Å². The topological polar surface area (TPSA) is 86.3 Å². The first-order valence-electron chi connectivity index (χ1n) is 6.44. The number of nitrogens with one attached hydrogen (secondary N) is 1. The number of aryl methyl sites for hydroxylation is 1. The molecule has 2 rings (SSSR count). The molecule has 0 bridgehead atoms. The number of benzene rings is 2. The predicted octanol–water partition coefficient (Wildman–Crippen LogP) is 1.31. The molecular weight excluding hydrogens is 309 g/mol. The Hall–Kier alpha value is -2.41. The van der Waals surface area contributed by atoms with Gasteiger partial charge in [-0.05, 0) is 54.8 Å². The molecule has 0 saturated carbocycles. The van der Waals surface area contributed by atoms with Crippen molar-refractivity contribution in [2.24, 2.45) is 0 Å². The Balaban J connectivity index is 2.12. The summed E-state index contributed by atoms with van der Waals surface area (Å²) in [6, 6.07) is 10.8. The van der Waals surface area contributed by atoms with Crippen molar-refractivity contribution in [3.63, 3.8) is 0 Å². The molecule has 2 aromatic rings. The smallest absolute Gasteiger partial charge is 0.261 e. The van der Waals surface area contributed by atoms with Gasteiger partial charge in [0.2, 0.25) is 0 Å². The molecule has 0 aliphatic carbocycles. The number of anilines is 1. The van der Waals surface area contributed by atoms with E-state index in [2.05, 4.69) is 4.72 Å². The van der Waals surface area contributed by atoms with Crippen molar-refractivity contribution in [3.8, 4) is 0 Å². The lowest BCUT2D eigenvalue weighted by atomic mass is 10.1. The summed E-state index contributed by atoms with van der Waals surface area (Å²) in [6.45, 7) is 0. The fourth-order valence-electron chi connectivity index (χ4n) is 1.81. The van der Waals surface area contributed by atoms with E-state index in [0.29, 0.717) is 5.56 Å². The van der Waals surface area contributed by atoms with Gasteiger partial charge in [-0.15, -0.1) is 0 Å². The Morgan fingerprint density at radius 2 is 1.64 bits per heavy atom. The monoisotopic (exact) mass is 322 g/mol. The standard InChI is InChI=1S/C15H14FNO4S/c16-12-4-6-13(7-5-12)17-22(20,21)14-8-1-11(2-9-14)3-10-15(18)19/h1-2,4-9,17H,3,10H2,(H,18,19)/p-1. The number of carboxylic acid groups (broad SMARTS) is 1. The molecule has 0 aromatic heterocycles. The maximum absolute atomic E-state index is 12.8. The summed E-state index contributed by atoms with van der Waals surface area (Å²) in [5.41, 5.74) is 0.951. The van der Waals surface area contributed by atoms with E-state index in [1.54, 1.807) is 12.1 Å². The van der Waals surface area contributed by atoms with Crippen LogP contribution in [0.2, 0.25) is 0 Å². The fraction of sp³-hybridized carbons (Fsp3) is 0.133. The van der Waals surface area contributed by atoms with Crippen LogP contribution in [0.5, 0.6) is 0 Å². The first-order valence-corrected chi connectivity index (χ1v) is 7.92. The average molecular weight is 322 g/mol. The zero-order valence-corrected chi connectivity index (χ0v) is 12.3. The molecule has 0 fully saturated rings. The molecule has 22 heavy (non-hydrogen) atoms. The number of hydrogen-bond donors (Lipinski definition) is 1. The second kappa shape index (κ2) is 6.57. The zero-order chi connectivity index (χ0) is 16.2. The van der Waals surface area contributed by atoms with E-state index in [9.17, 15) is 22.7 Å². The van der Waals surface area contributed by atoms with Crippen LogP contribution in [0.3, 0.4) is 0 Å². The van der Waals surface area contributed by atoms with Crippen molar-refractivity contribution in [1.82, 2.24) is 0 Å². The van der Waals surface area contributed by atoms with Gasteiger partial charge in [0, 0.05) is 11.7 Å². The van der Waals surface area contributed by atoms with Gasteiger partial charge in [-0.2, -0.15) is 0 Å². The molecule has 7 heteroatoms. The van der Waals surface area contributed by atoms with Crippen molar-refractivity contribution in [3.05, 3.63) is 59.9 Å². The van der Waals surface area contributed by atoms with Crippen LogP contribution in [0.1, 0.15) is 12.0 Å². The molecule has 0 saturated heterocycles. The quantitative estimate of drug-likeness (QED) is 0.869. The second-order valence-electron chi connectivity index (χ2n) is 4.63. The van der Waals surface area contributed by atoms with Crippen LogP contribution < -0.4 is 9.83 Å². The van der Waals surface area contributed by atoms with E-state index < -0.39 is 21.8 Å². The highest BCUT2D eigenvalue weighted by atomic mass is 32.2.